The Morgan fingerprint density at radius 2 is 1.96 bits per heavy atom. The van der Waals surface area contributed by atoms with Crippen LogP contribution in [0.5, 0.6) is 11.5 Å². The van der Waals surface area contributed by atoms with Crippen LogP contribution in [0.25, 0.3) is 0 Å². The third-order valence-corrected chi connectivity index (χ3v) is 6.30. The summed E-state index contributed by atoms with van der Waals surface area (Å²) in [6.45, 7) is 12.2. The summed E-state index contributed by atoms with van der Waals surface area (Å²) in [6.07, 6.45) is 8.27. The lowest BCUT2D eigenvalue weighted by molar-refractivity contribution is -0.143. The fourth-order valence-corrected chi connectivity index (χ4v) is 4.72. The zero-order valence-corrected chi connectivity index (χ0v) is 16.8. The molecule has 0 amide bonds. The highest BCUT2D eigenvalue weighted by Crippen LogP contribution is 2.55. The van der Waals surface area contributed by atoms with Gasteiger partial charge in [0.1, 0.15) is 11.5 Å². The summed E-state index contributed by atoms with van der Waals surface area (Å²) >= 11 is 0. The van der Waals surface area contributed by atoms with Crippen LogP contribution in [0.4, 0.5) is 0 Å². The molecule has 1 aromatic rings. The van der Waals surface area contributed by atoms with Gasteiger partial charge in [-0.25, -0.2) is 0 Å². The van der Waals surface area contributed by atoms with Gasteiger partial charge in [-0.1, -0.05) is 32.4 Å². The van der Waals surface area contributed by atoms with E-state index in [-0.39, 0.29) is 17.3 Å². The molecule has 3 nitrogen and oxygen atoms in total. The standard InChI is InChI=1S/C23H34O3/c1-7-10-18(19-16-17(25-5)12-13-21(19)26-6)20-11-9-15-22(3,4)23(20,24)14-8-2/h7-8,12-13,16,18,20,24H,1-2,9-11,14-15H2,3-6H3/t18-,20-,23+/m1/s1. The lowest BCUT2D eigenvalue weighted by Crippen LogP contribution is -2.54. The number of hydrogen-bond donors (Lipinski definition) is 1. The molecule has 3 atom stereocenters. The Balaban J connectivity index is 2.58. The maximum absolute atomic E-state index is 11.8. The molecule has 1 fully saturated rings. The quantitative estimate of drug-likeness (QED) is 0.624. The van der Waals surface area contributed by atoms with Crippen LogP contribution in [0.1, 0.15) is 57.4 Å². The lowest BCUT2D eigenvalue weighted by atomic mass is 9.55. The first-order chi connectivity index (χ1) is 12.3. The summed E-state index contributed by atoms with van der Waals surface area (Å²) in [6, 6.07) is 5.90. The van der Waals surface area contributed by atoms with Crippen LogP contribution in [0.3, 0.4) is 0 Å². The van der Waals surface area contributed by atoms with E-state index in [2.05, 4.69) is 27.0 Å². The smallest absolute Gasteiger partial charge is 0.122 e. The topological polar surface area (TPSA) is 38.7 Å². The Morgan fingerprint density at radius 3 is 2.54 bits per heavy atom. The summed E-state index contributed by atoms with van der Waals surface area (Å²) in [4.78, 5) is 0. The van der Waals surface area contributed by atoms with Gasteiger partial charge in [0.25, 0.3) is 0 Å². The van der Waals surface area contributed by atoms with Crippen LogP contribution in [-0.2, 0) is 0 Å². The molecule has 1 aromatic carbocycles. The second-order valence-electron chi connectivity index (χ2n) is 8.04. The average molecular weight is 359 g/mol. The first-order valence-corrected chi connectivity index (χ1v) is 9.50. The van der Waals surface area contributed by atoms with Gasteiger partial charge in [-0.05, 0) is 61.1 Å². The van der Waals surface area contributed by atoms with Crippen LogP contribution in [0.2, 0.25) is 0 Å². The van der Waals surface area contributed by atoms with Crippen LogP contribution in [0.15, 0.2) is 43.5 Å². The van der Waals surface area contributed by atoms with Gasteiger partial charge in [0.15, 0.2) is 0 Å². The molecule has 1 aliphatic rings. The van der Waals surface area contributed by atoms with E-state index in [4.69, 9.17) is 9.47 Å². The van der Waals surface area contributed by atoms with Crippen LogP contribution >= 0.6 is 0 Å². The van der Waals surface area contributed by atoms with Gasteiger partial charge in [0.05, 0.1) is 19.8 Å². The Bertz CT molecular complexity index is 634. The predicted octanol–water partition coefficient (Wildman–Crippen LogP) is 5.50. The minimum Gasteiger partial charge on any atom is -0.497 e. The van der Waals surface area contributed by atoms with E-state index in [1.54, 1.807) is 14.2 Å². The number of aliphatic hydroxyl groups is 1. The zero-order chi connectivity index (χ0) is 19.4. The van der Waals surface area contributed by atoms with Crippen molar-refractivity contribution >= 4 is 0 Å². The summed E-state index contributed by atoms with van der Waals surface area (Å²) < 4.78 is 11.1. The third-order valence-electron chi connectivity index (χ3n) is 6.30. The molecule has 0 aromatic heterocycles. The van der Waals surface area contributed by atoms with Gasteiger partial charge in [-0.2, -0.15) is 0 Å². The third kappa shape index (κ3) is 3.68. The molecule has 0 bridgehead atoms. The highest BCUT2D eigenvalue weighted by molar-refractivity contribution is 5.43. The van der Waals surface area contributed by atoms with E-state index < -0.39 is 5.60 Å². The molecule has 0 unspecified atom stereocenters. The summed E-state index contributed by atoms with van der Waals surface area (Å²) in [7, 11) is 3.36. The van der Waals surface area contributed by atoms with E-state index >= 15 is 0 Å². The van der Waals surface area contributed by atoms with Crippen molar-refractivity contribution in [1.82, 2.24) is 0 Å². The maximum Gasteiger partial charge on any atom is 0.122 e. The monoisotopic (exact) mass is 358 g/mol. The largest absolute Gasteiger partial charge is 0.497 e. The van der Waals surface area contributed by atoms with Crippen molar-refractivity contribution in [2.24, 2.45) is 11.3 Å². The first-order valence-electron chi connectivity index (χ1n) is 9.50. The number of benzene rings is 1. The Kier molecular flexibility index (Phi) is 6.57. The Labute approximate surface area is 158 Å². The summed E-state index contributed by atoms with van der Waals surface area (Å²) in [5, 5.41) is 11.8. The van der Waals surface area contributed by atoms with Gasteiger partial charge in [0.2, 0.25) is 0 Å². The number of rotatable bonds is 8. The fraction of sp³-hybridized carbons (Fsp3) is 0.565. The maximum atomic E-state index is 11.8. The van der Waals surface area contributed by atoms with E-state index in [9.17, 15) is 5.11 Å². The summed E-state index contributed by atoms with van der Waals surface area (Å²) in [5.74, 6) is 1.85. The Morgan fingerprint density at radius 1 is 1.23 bits per heavy atom. The molecule has 0 aliphatic heterocycles. The van der Waals surface area contributed by atoms with Crippen molar-refractivity contribution in [2.45, 2.75) is 57.5 Å². The molecule has 26 heavy (non-hydrogen) atoms. The van der Waals surface area contributed by atoms with E-state index in [0.717, 1.165) is 42.7 Å². The van der Waals surface area contributed by atoms with Crippen molar-refractivity contribution in [3.63, 3.8) is 0 Å². The van der Waals surface area contributed by atoms with Crippen molar-refractivity contribution in [3.05, 3.63) is 49.1 Å². The van der Waals surface area contributed by atoms with E-state index in [1.165, 1.54) is 0 Å². The summed E-state index contributed by atoms with van der Waals surface area (Å²) in [5.41, 5.74) is 0.0987. The van der Waals surface area contributed by atoms with Gasteiger partial charge < -0.3 is 14.6 Å². The minimum absolute atomic E-state index is 0.100. The molecule has 1 saturated carbocycles. The fourth-order valence-electron chi connectivity index (χ4n) is 4.72. The zero-order valence-electron chi connectivity index (χ0n) is 16.8. The van der Waals surface area contributed by atoms with Gasteiger partial charge in [-0.15, -0.1) is 13.2 Å². The Hall–Kier alpha value is -1.74. The van der Waals surface area contributed by atoms with Crippen LogP contribution < -0.4 is 9.47 Å². The first kappa shape index (κ1) is 20.6. The number of methoxy groups -OCH3 is 2. The molecule has 0 saturated heterocycles. The highest BCUT2D eigenvalue weighted by atomic mass is 16.5. The molecule has 0 spiro atoms. The van der Waals surface area contributed by atoms with Crippen molar-refractivity contribution in [3.8, 4) is 11.5 Å². The van der Waals surface area contributed by atoms with Gasteiger partial charge in [-0.3, -0.25) is 0 Å². The number of hydrogen-bond acceptors (Lipinski definition) is 3. The van der Waals surface area contributed by atoms with Gasteiger partial charge in [0, 0.05) is 5.56 Å². The molecular formula is C23H34O3. The van der Waals surface area contributed by atoms with Gasteiger partial charge >= 0.3 is 0 Å². The number of allylic oxidation sites excluding steroid dienone is 1. The SMILES string of the molecule is C=CC[C@H](c1cc(OC)ccc1OC)[C@H]1CCCC(C)(C)[C@]1(O)CC=C. The van der Waals surface area contributed by atoms with Crippen molar-refractivity contribution in [1.29, 1.82) is 0 Å². The van der Waals surface area contributed by atoms with Crippen LogP contribution in [-0.4, -0.2) is 24.9 Å². The molecule has 1 aliphatic carbocycles. The van der Waals surface area contributed by atoms with Crippen molar-refractivity contribution < 1.29 is 14.6 Å². The van der Waals surface area contributed by atoms with E-state index in [1.807, 2.05) is 30.4 Å². The lowest BCUT2D eigenvalue weighted by Gasteiger charge is -2.54. The molecule has 1 N–H and O–H groups in total. The molecule has 2 rings (SSSR count). The second-order valence-corrected chi connectivity index (χ2v) is 8.04. The van der Waals surface area contributed by atoms with E-state index in [0.29, 0.717) is 6.42 Å². The average Bonchev–Trinajstić information content (AvgIpc) is 2.62. The molecule has 0 radical (unpaired) electrons. The molecule has 3 heteroatoms. The minimum atomic E-state index is -0.811. The predicted molar refractivity (Wildman–Crippen MR) is 108 cm³/mol. The highest BCUT2D eigenvalue weighted by Gasteiger charge is 2.53. The second kappa shape index (κ2) is 8.30. The number of ether oxygens (including phenoxy) is 2. The molecule has 144 valence electrons. The van der Waals surface area contributed by atoms with Crippen LogP contribution in [0, 0.1) is 11.3 Å². The van der Waals surface area contributed by atoms with Crippen molar-refractivity contribution in [2.75, 3.05) is 14.2 Å². The molecule has 0 heterocycles. The normalized spacial score (nSPS) is 26.0. The molecular weight excluding hydrogens is 324 g/mol.